The van der Waals surface area contributed by atoms with Crippen LogP contribution in [0.15, 0.2) is 29.2 Å². The minimum Gasteiger partial charge on any atom is -0.495 e. The second kappa shape index (κ2) is 8.39. The van der Waals surface area contributed by atoms with E-state index in [1.165, 1.54) is 19.2 Å². The van der Waals surface area contributed by atoms with Gasteiger partial charge < -0.3 is 10.1 Å². The zero-order valence-corrected chi connectivity index (χ0v) is 19.0. The third kappa shape index (κ3) is 4.84. The first-order valence-electron chi connectivity index (χ1n) is 10.1. The van der Waals surface area contributed by atoms with Gasteiger partial charge in [0.05, 0.1) is 18.3 Å². The predicted molar refractivity (Wildman–Crippen MR) is 115 cm³/mol. The first-order chi connectivity index (χ1) is 14.0. The van der Waals surface area contributed by atoms with Gasteiger partial charge in [0.15, 0.2) is 0 Å². The van der Waals surface area contributed by atoms with Crippen LogP contribution < -0.4 is 14.8 Å². The van der Waals surface area contributed by atoms with Crippen molar-refractivity contribution < 1.29 is 17.9 Å². The zero-order valence-electron chi connectivity index (χ0n) is 18.2. The summed E-state index contributed by atoms with van der Waals surface area (Å²) >= 11 is 0. The summed E-state index contributed by atoms with van der Waals surface area (Å²) in [4.78, 5) is 12.9. The Bertz CT molecular complexity index is 1030. The highest BCUT2D eigenvalue weighted by atomic mass is 32.2. The fourth-order valence-electron chi connectivity index (χ4n) is 3.64. The van der Waals surface area contributed by atoms with Gasteiger partial charge in [-0.1, -0.05) is 12.8 Å². The van der Waals surface area contributed by atoms with Crippen molar-refractivity contribution in [3.05, 3.63) is 35.5 Å². The summed E-state index contributed by atoms with van der Waals surface area (Å²) in [6, 6.07) is 6.11. The van der Waals surface area contributed by atoms with Crippen LogP contribution in [0.25, 0.3) is 0 Å². The Labute approximate surface area is 178 Å². The number of rotatable bonds is 6. The molecule has 9 heteroatoms. The van der Waals surface area contributed by atoms with Crippen molar-refractivity contribution in [2.24, 2.45) is 0 Å². The second-order valence-corrected chi connectivity index (χ2v) is 10.4. The third-order valence-corrected chi connectivity index (χ3v) is 6.64. The van der Waals surface area contributed by atoms with E-state index in [1.807, 2.05) is 27.7 Å². The number of carbonyl (C=O) groups is 1. The highest BCUT2D eigenvalue weighted by Gasteiger charge is 2.27. The Kier molecular flexibility index (Phi) is 6.24. The van der Waals surface area contributed by atoms with E-state index < -0.39 is 15.9 Å². The van der Waals surface area contributed by atoms with Crippen molar-refractivity contribution in [3.8, 4) is 5.75 Å². The largest absolute Gasteiger partial charge is 0.495 e. The molecule has 1 saturated carbocycles. The lowest BCUT2D eigenvalue weighted by atomic mass is 10.1. The SMILES string of the molecule is COc1ccc(C(=O)Nc2cc(C)nn2C(C)(C)C)cc1S(=O)(=O)NC1CCCC1. The molecule has 0 bridgehead atoms. The average molecular weight is 435 g/mol. The molecule has 2 aromatic rings. The maximum absolute atomic E-state index is 13.0. The van der Waals surface area contributed by atoms with Gasteiger partial charge in [0.25, 0.3) is 5.91 Å². The fraction of sp³-hybridized carbons (Fsp3) is 0.524. The number of nitrogens with zero attached hydrogens (tertiary/aromatic N) is 2. The highest BCUT2D eigenvalue weighted by molar-refractivity contribution is 7.89. The van der Waals surface area contributed by atoms with E-state index in [1.54, 1.807) is 16.8 Å². The molecule has 1 aliphatic carbocycles. The molecule has 0 aliphatic heterocycles. The van der Waals surface area contributed by atoms with Gasteiger partial charge in [0.2, 0.25) is 10.0 Å². The number of methoxy groups -OCH3 is 1. The molecule has 3 rings (SSSR count). The molecule has 1 aliphatic rings. The first-order valence-corrected chi connectivity index (χ1v) is 11.6. The molecular weight excluding hydrogens is 404 g/mol. The number of carbonyl (C=O) groups excluding carboxylic acids is 1. The molecular formula is C21H30N4O4S. The number of ether oxygens (including phenoxy) is 1. The van der Waals surface area contributed by atoms with Gasteiger partial charge in [0.1, 0.15) is 16.5 Å². The topological polar surface area (TPSA) is 102 Å². The van der Waals surface area contributed by atoms with E-state index >= 15 is 0 Å². The number of aryl methyl sites for hydroxylation is 1. The van der Waals surface area contributed by atoms with Crippen molar-refractivity contribution >= 4 is 21.7 Å². The Morgan fingerprint density at radius 1 is 1.20 bits per heavy atom. The number of aromatic nitrogens is 2. The standard InChI is InChI=1S/C21H30N4O4S/c1-14-12-19(25(23-14)21(2,3)4)22-20(26)15-10-11-17(29-5)18(13-15)30(27,28)24-16-8-6-7-9-16/h10-13,16,24H,6-9H2,1-5H3,(H,22,26). The van der Waals surface area contributed by atoms with Gasteiger partial charge in [0, 0.05) is 17.7 Å². The minimum atomic E-state index is -3.82. The van der Waals surface area contributed by atoms with Crippen LogP contribution in [0.3, 0.4) is 0 Å². The van der Waals surface area contributed by atoms with E-state index in [4.69, 9.17) is 4.74 Å². The molecule has 0 saturated heterocycles. The Morgan fingerprint density at radius 3 is 2.47 bits per heavy atom. The van der Waals surface area contributed by atoms with E-state index in [2.05, 4.69) is 15.1 Å². The average Bonchev–Trinajstić information content (AvgIpc) is 3.29. The molecule has 0 spiro atoms. The number of amides is 1. The van der Waals surface area contributed by atoms with Crippen LogP contribution in [-0.2, 0) is 15.6 Å². The zero-order chi connectivity index (χ0) is 22.1. The summed E-state index contributed by atoms with van der Waals surface area (Å²) in [5.74, 6) is 0.335. The summed E-state index contributed by atoms with van der Waals surface area (Å²) in [6.07, 6.45) is 3.65. The van der Waals surface area contributed by atoms with Crippen LogP contribution in [0.1, 0.15) is 62.5 Å². The Balaban J connectivity index is 1.90. The second-order valence-electron chi connectivity index (χ2n) is 8.68. The van der Waals surface area contributed by atoms with Crippen molar-refractivity contribution in [1.29, 1.82) is 0 Å². The fourth-order valence-corrected chi connectivity index (χ4v) is 5.14. The van der Waals surface area contributed by atoms with Crippen LogP contribution in [0.4, 0.5) is 5.82 Å². The number of hydrogen-bond acceptors (Lipinski definition) is 5. The van der Waals surface area contributed by atoms with Gasteiger partial charge in [-0.2, -0.15) is 5.10 Å². The van der Waals surface area contributed by atoms with Crippen molar-refractivity contribution in [1.82, 2.24) is 14.5 Å². The summed E-state index contributed by atoms with van der Waals surface area (Å²) in [6.45, 7) is 7.82. The van der Waals surface area contributed by atoms with Crippen molar-refractivity contribution in [3.63, 3.8) is 0 Å². The molecule has 0 unspecified atom stereocenters. The molecule has 30 heavy (non-hydrogen) atoms. The van der Waals surface area contributed by atoms with Gasteiger partial charge in [-0.05, 0) is 58.7 Å². The number of nitrogens with one attached hydrogen (secondary N) is 2. The van der Waals surface area contributed by atoms with E-state index in [-0.39, 0.29) is 27.8 Å². The number of benzene rings is 1. The minimum absolute atomic E-state index is 0.0370. The van der Waals surface area contributed by atoms with E-state index in [0.717, 1.165) is 31.4 Å². The molecule has 8 nitrogen and oxygen atoms in total. The third-order valence-electron chi connectivity index (χ3n) is 5.10. The van der Waals surface area contributed by atoms with Gasteiger partial charge in [-0.3, -0.25) is 4.79 Å². The van der Waals surface area contributed by atoms with Gasteiger partial charge in [-0.15, -0.1) is 0 Å². The van der Waals surface area contributed by atoms with Gasteiger partial charge in [-0.25, -0.2) is 17.8 Å². The highest BCUT2D eigenvalue weighted by Crippen LogP contribution is 2.28. The lowest BCUT2D eigenvalue weighted by molar-refractivity contribution is 0.102. The lowest BCUT2D eigenvalue weighted by Gasteiger charge is -2.22. The van der Waals surface area contributed by atoms with Crippen molar-refractivity contribution in [2.75, 3.05) is 12.4 Å². The van der Waals surface area contributed by atoms with Crippen molar-refractivity contribution in [2.45, 2.75) is 69.9 Å². The van der Waals surface area contributed by atoms with E-state index in [9.17, 15) is 13.2 Å². The molecule has 164 valence electrons. The summed E-state index contributed by atoms with van der Waals surface area (Å²) in [7, 11) is -2.40. The molecule has 1 amide bonds. The molecule has 0 radical (unpaired) electrons. The normalized spacial score (nSPS) is 15.4. The maximum Gasteiger partial charge on any atom is 0.256 e. The molecule has 1 aromatic carbocycles. The summed E-state index contributed by atoms with van der Waals surface area (Å²) in [5.41, 5.74) is 0.678. The van der Waals surface area contributed by atoms with Crippen LogP contribution in [0.2, 0.25) is 0 Å². The van der Waals surface area contributed by atoms with Crippen LogP contribution in [0.5, 0.6) is 5.75 Å². The van der Waals surface area contributed by atoms with Crippen LogP contribution in [0, 0.1) is 6.92 Å². The first kappa shape index (κ1) is 22.3. The summed E-state index contributed by atoms with van der Waals surface area (Å²) in [5, 5.41) is 7.30. The molecule has 1 heterocycles. The number of sulfonamides is 1. The number of hydrogen-bond donors (Lipinski definition) is 2. The lowest BCUT2D eigenvalue weighted by Crippen LogP contribution is -2.33. The van der Waals surface area contributed by atoms with Crippen LogP contribution >= 0.6 is 0 Å². The summed E-state index contributed by atoms with van der Waals surface area (Å²) < 4.78 is 35.6. The molecule has 1 fully saturated rings. The Hall–Kier alpha value is -2.39. The smallest absolute Gasteiger partial charge is 0.256 e. The Morgan fingerprint density at radius 2 is 1.87 bits per heavy atom. The molecule has 0 atom stereocenters. The number of anilines is 1. The quantitative estimate of drug-likeness (QED) is 0.725. The molecule has 2 N–H and O–H groups in total. The van der Waals surface area contributed by atoms with Gasteiger partial charge >= 0.3 is 0 Å². The van der Waals surface area contributed by atoms with E-state index in [0.29, 0.717) is 5.82 Å². The maximum atomic E-state index is 13.0. The monoisotopic (exact) mass is 434 g/mol. The van der Waals surface area contributed by atoms with Crippen LogP contribution in [-0.4, -0.2) is 37.3 Å². The molecule has 1 aromatic heterocycles. The predicted octanol–water partition coefficient (Wildman–Crippen LogP) is 3.43.